The topological polar surface area (TPSA) is 28.4 Å². The lowest BCUT2D eigenvalue weighted by Gasteiger charge is -2.23. The van der Waals surface area contributed by atoms with E-state index in [0.717, 1.165) is 23.5 Å². The Morgan fingerprint density at radius 1 is 1.39 bits per heavy atom. The van der Waals surface area contributed by atoms with Crippen molar-refractivity contribution in [3.63, 3.8) is 0 Å². The van der Waals surface area contributed by atoms with Gasteiger partial charge in [0.25, 0.3) is 0 Å². The van der Waals surface area contributed by atoms with Crippen molar-refractivity contribution in [2.24, 2.45) is 0 Å². The van der Waals surface area contributed by atoms with E-state index in [2.05, 4.69) is 57.8 Å². The molecule has 0 aromatic carbocycles. The van der Waals surface area contributed by atoms with E-state index >= 15 is 0 Å². The molecule has 0 aliphatic rings. The molecule has 0 aliphatic heterocycles. The van der Waals surface area contributed by atoms with Crippen LogP contribution in [0.4, 0.5) is 0 Å². The predicted molar refractivity (Wildman–Crippen MR) is 78.9 cm³/mol. The maximum Gasteiger partial charge on any atom is 0.169 e. The molecular formula is C13H17BrN2OS. The van der Waals surface area contributed by atoms with Crippen LogP contribution in [0.2, 0.25) is 0 Å². The fraction of sp³-hybridized carbons (Fsp3) is 0.385. The van der Waals surface area contributed by atoms with Crippen molar-refractivity contribution in [3.8, 4) is 0 Å². The minimum Gasteiger partial charge on any atom is -0.453 e. The van der Waals surface area contributed by atoms with Crippen molar-refractivity contribution in [1.82, 2.24) is 10.2 Å². The summed E-state index contributed by atoms with van der Waals surface area (Å²) in [6.07, 6.45) is 0. The highest BCUT2D eigenvalue weighted by atomic mass is 79.9. The van der Waals surface area contributed by atoms with Crippen molar-refractivity contribution >= 4 is 27.3 Å². The summed E-state index contributed by atoms with van der Waals surface area (Å²) >= 11 is 5.10. The summed E-state index contributed by atoms with van der Waals surface area (Å²) < 4.78 is 6.24. The minimum atomic E-state index is 0.406. The number of thiophene rings is 1. The highest BCUT2D eigenvalue weighted by Crippen LogP contribution is 2.22. The summed E-state index contributed by atoms with van der Waals surface area (Å²) in [6, 6.07) is 8.58. The molecule has 2 rings (SSSR count). The van der Waals surface area contributed by atoms with E-state index in [0.29, 0.717) is 6.04 Å². The van der Waals surface area contributed by atoms with E-state index in [1.807, 2.05) is 12.1 Å². The maximum absolute atomic E-state index is 5.46. The van der Waals surface area contributed by atoms with E-state index in [4.69, 9.17) is 4.42 Å². The van der Waals surface area contributed by atoms with E-state index in [-0.39, 0.29) is 0 Å². The molecule has 0 spiro atoms. The van der Waals surface area contributed by atoms with Crippen molar-refractivity contribution in [3.05, 3.63) is 45.0 Å². The fourth-order valence-electron chi connectivity index (χ4n) is 1.80. The molecule has 0 aliphatic carbocycles. The summed E-state index contributed by atoms with van der Waals surface area (Å²) in [7, 11) is 4.21. The highest BCUT2D eigenvalue weighted by Gasteiger charge is 2.14. The average Bonchev–Trinajstić information content (AvgIpc) is 2.95. The molecule has 0 bridgehead atoms. The first-order valence-corrected chi connectivity index (χ1v) is 7.49. The molecule has 18 heavy (non-hydrogen) atoms. The normalized spacial score (nSPS) is 13.1. The molecule has 2 aromatic rings. The highest BCUT2D eigenvalue weighted by molar-refractivity contribution is 9.10. The lowest BCUT2D eigenvalue weighted by molar-refractivity contribution is 0.289. The second-order valence-corrected chi connectivity index (χ2v) is 6.09. The van der Waals surface area contributed by atoms with Gasteiger partial charge < -0.3 is 14.6 Å². The zero-order chi connectivity index (χ0) is 13.0. The Hall–Kier alpha value is -0.620. The van der Waals surface area contributed by atoms with E-state index in [1.54, 1.807) is 11.3 Å². The van der Waals surface area contributed by atoms with Gasteiger partial charge in [-0.3, -0.25) is 0 Å². The molecule has 3 nitrogen and oxygen atoms in total. The minimum absolute atomic E-state index is 0.406. The summed E-state index contributed by atoms with van der Waals surface area (Å²) in [6.45, 7) is 1.66. The van der Waals surface area contributed by atoms with Crippen molar-refractivity contribution in [2.75, 3.05) is 20.6 Å². The number of hydrogen-bond donors (Lipinski definition) is 1. The van der Waals surface area contributed by atoms with Gasteiger partial charge in [0.2, 0.25) is 0 Å². The molecule has 0 radical (unpaired) electrons. The lowest BCUT2D eigenvalue weighted by Crippen LogP contribution is -2.30. The van der Waals surface area contributed by atoms with Gasteiger partial charge in [-0.2, -0.15) is 0 Å². The van der Waals surface area contributed by atoms with E-state index in [1.165, 1.54) is 4.88 Å². The SMILES string of the molecule is CN(C)C(CNCc1ccc(Br)o1)c1cccs1. The number of halogens is 1. The first kappa shape index (κ1) is 13.8. The van der Waals surface area contributed by atoms with Crippen LogP contribution in [0.1, 0.15) is 16.7 Å². The lowest BCUT2D eigenvalue weighted by atomic mass is 10.2. The average molecular weight is 329 g/mol. The van der Waals surface area contributed by atoms with Gasteiger partial charge in [-0.1, -0.05) is 6.07 Å². The maximum atomic E-state index is 5.46. The Balaban J connectivity index is 1.87. The first-order valence-electron chi connectivity index (χ1n) is 5.81. The summed E-state index contributed by atoms with van der Waals surface area (Å²) in [5.74, 6) is 0.950. The van der Waals surface area contributed by atoms with Crippen molar-refractivity contribution in [1.29, 1.82) is 0 Å². The Bertz CT molecular complexity index is 467. The molecule has 1 atom stereocenters. The molecule has 2 heterocycles. The van der Waals surface area contributed by atoms with Crippen LogP contribution in [0.25, 0.3) is 0 Å². The summed E-state index contributed by atoms with van der Waals surface area (Å²) in [5, 5.41) is 5.56. The van der Waals surface area contributed by atoms with Crippen LogP contribution in [0.5, 0.6) is 0 Å². The second-order valence-electron chi connectivity index (χ2n) is 4.33. The molecule has 0 saturated carbocycles. The Morgan fingerprint density at radius 3 is 2.78 bits per heavy atom. The number of furan rings is 1. The first-order chi connectivity index (χ1) is 8.66. The molecule has 2 aromatic heterocycles. The Kier molecular flexibility index (Phi) is 5.00. The molecular weight excluding hydrogens is 312 g/mol. The molecule has 98 valence electrons. The number of nitrogens with zero attached hydrogens (tertiary/aromatic N) is 1. The van der Waals surface area contributed by atoms with Crippen LogP contribution >= 0.6 is 27.3 Å². The smallest absolute Gasteiger partial charge is 0.169 e. The number of rotatable bonds is 6. The standard InChI is InChI=1S/C13H17BrN2OS/c1-16(2)11(12-4-3-7-18-12)9-15-8-10-5-6-13(14)17-10/h3-7,11,15H,8-9H2,1-2H3. The molecule has 0 saturated heterocycles. The Morgan fingerprint density at radius 2 is 2.22 bits per heavy atom. The van der Waals surface area contributed by atoms with Crippen LogP contribution in [-0.4, -0.2) is 25.5 Å². The molecule has 0 amide bonds. The van der Waals surface area contributed by atoms with Gasteiger partial charge in [-0.05, 0) is 53.6 Å². The number of nitrogens with one attached hydrogen (secondary N) is 1. The van der Waals surface area contributed by atoms with Gasteiger partial charge in [-0.15, -0.1) is 11.3 Å². The van der Waals surface area contributed by atoms with Gasteiger partial charge in [-0.25, -0.2) is 0 Å². The summed E-state index contributed by atoms with van der Waals surface area (Å²) in [5.41, 5.74) is 0. The quantitative estimate of drug-likeness (QED) is 0.879. The Labute approximate surface area is 120 Å². The summed E-state index contributed by atoms with van der Waals surface area (Å²) in [4.78, 5) is 3.62. The van der Waals surface area contributed by atoms with Gasteiger partial charge >= 0.3 is 0 Å². The van der Waals surface area contributed by atoms with Crippen LogP contribution in [0.15, 0.2) is 38.7 Å². The third-order valence-corrected chi connectivity index (χ3v) is 4.16. The third kappa shape index (κ3) is 3.68. The third-order valence-electron chi connectivity index (χ3n) is 2.76. The molecule has 1 unspecified atom stereocenters. The number of hydrogen-bond acceptors (Lipinski definition) is 4. The molecule has 5 heteroatoms. The zero-order valence-corrected chi connectivity index (χ0v) is 12.9. The van der Waals surface area contributed by atoms with E-state index in [9.17, 15) is 0 Å². The monoisotopic (exact) mass is 328 g/mol. The number of likely N-dealkylation sites (N-methyl/N-ethyl adjacent to an activating group) is 1. The van der Waals surface area contributed by atoms with Crippen LogP contribution < -0.4 is 5.32 Å². The van der Waals surface area contributed by atoms with Crippen molar-refractivity contribution in [2.45, 2.75) is 12.6 Å². The molecule has 1 N–H and O–H groups in total. The van der Waals surface area contributed by atoms with Gasteiger partial charge in [0.15, 0.2) is 4.67 Å². The fourth-order valence-corrected chi connectivity index (χ4v) is 3.06. The molecule has 0 fully saturated rings. The van der Waals surface area contributed by atoms with Gasteiger partial charge in [0.05, 0.1) is 12.6 Å². The van der Waals surface area contributed by atoms with Crippen LogP contribution in [0.3, 0.4) is 0 Å². The van der Waals surface area contributed by atoms with Crippen molar-refractivity contribution < 1.29 is 4.42 Å². The van der Waals surface area contributed by atoms with Crippen LogP contribution in [0, 0.1) is 0 Å². The largest absolute Gasteiger partial charge is 0.453 e. The zero-order valence-electron chi connectivity index (χ0n) is 10.5. The second kappa shape index (κ2) is 6.52. The van der Waals surface area contributed by atoms with Gasteiger partial charge in [0, 0.05) is 11.4 Å². The van der Waals surface area contributed by atoms with Crippen LogP contribution in [-0.2, 0) is 6.54 Å². The van der Waals surface area contributed by atoms with E-state index < -0.39 is 0 Å². The van der Waals surface area contributed by atoms with Gasteiger partial charge in [0.1, 0.15) is 5.76 Å². The predicted octanol–water partition coefficient (Wildman–Crippen LogP) is 3.50.